The van der Waals surface area contributed by atoms with E-state index in [-0.39, 0.29) is 23.3 Å². The van der Waals surface area contributed by atoms with Gasteiger partial charge in [0.05, 0.1) is 23.8 Å². The first-order valence-corrected chi connectivity index (χ1v) is 15.7. The molecular weight excluding hydrogens is 596 g/mol. The minimum absolute atomic E-state index is 0.0152. The highest BCUT2D eigenvalue weighted by molar-refractivity contribution is 9.10. The molecule has 2 aliphatic heterocycles. The van der Waals surface area contributed by atoms with Crippen LogP contribution >= 0.6 is 15.9 Å². The summed E-state index contributed by atoms with van der Waals surface area (Å²) < 4.78 is 36.4. The molecule has 1 saturated heterocycles. The molecule has 2 aromatic carbocycles. The lowest BCUT2D eigenvalue weighted by molar-refractivity contribution is -0.131. The molecule has 11 heteroatoms. The lowest BCUT2D eigenvalue weighted by Gasteiger charge is -2.26. The van der Waals surface area contributed by atoms with Crippen molar-refractivity contribution in [3.05, 3.63) is 58.2 Å². The number of aromatic nitrogens is 1. The van der Waals surface area contributed by atoms with E-state index in [1.807, 2.05) is 55.8 Å². The van der Waals surface area contributed by atoms with Crippen molar-refractivity contribution < 1.29 is 22.7 Å². The third-order valence-electron chi connectivity index (χ3n) is 7.54. The number of ether oxygens (including phenoxy) is 1. The van der Waals surface area contributed by atoms with Gasteiger partial charge >= 0.3 is 0 Å². The molecule has 0 radical (unpaired) electrons. The van der Waals surface area contributed by atoms with Gasteiger partial charge in [0.15, 0.2) is 0 Å². The lowest BCUT2D eigenvalue weighted by Crippen LogP contribution is -2.40. The average Bonchev–Trinajstić information content (AvgIpc) is 3.42. The fraction of sp³-hybridized carbons (Fsp3) is 0.379. The Morgan fingerprint density at radius 1 is 1.07 bits per heavy atom. The van der Waals surface area contributed by atoms with Crippen LogP contribution in [0.4, 0.5) is 5.69 Å². The van der Waals surface area contributed by atoms with Gasteiger partial charge in [-0.25, -0.2) is 8.42 Å². The van der Waals surface area contributed by atoms with E-state index in [9.17, 15) is 18.0 Å². The van der Waals surface area contributed by atoms with Gasteiger partial charge in [-0.15, -0.1) is 0 Å². The van der Waals surface area contributed by atoms with E-state index in [1.165, 1.54) is 4.31 Å². The molecule has 0 atom stereocenters. The first kappa shape index (κ1) is 28.5. The number of anilines is 1. The van der Waals surface area contributed by atoms with E-state index < -0.39 is 10.0 Å². The summed E-state index contributed by atoms with van der Waals surface area (Å²) in [5.74, 6) is -0.171. The first-order chi connectivity index (χ1) is 19.2. The van der Waals surface area contributed by atoms with Gasteiger partial charge < -0.3 is 19.1 Å². The van der Waals surface area contributed by atoms with Crippen LogP contribution in [0.25, 0.3) is 22.6 Å². The van der Waals surface area contributed by atoms with Crippen LogP contribution in [0.3, 0.4) is 0 Å². The topological polar surface area (TPSA) is 92.2 Å². The average molecular weight is 630 g/mol. The van der Waals surface area contributed by atoms with E-state index in [0.717, 1.165) is 20.9 Å². The quantitative estimate of drug-likeness (QED) is 0.349. The van der Waals surface area contributed by atoms with Crippen LogP contribution in [0.5, 0.6) is 0 Å². The molecule has 0 aliphatic carbocycles. The van der Waals surface area contributed by atoms with Crippen LogP contribution in [-0.2, 0) is 30.9 Å². The Labute approximate surface area is 243 Å². The number of carbonyl (C=O) groups excluding carboxylic acids is 2. The summed E-state index contributed by atoms with van der Waals surface area (Å²) in [4.78, 5) is 30.2. The molecule has 0 unspecified atom stereocenters. The Balaban J connectivity index is 1.61. The summed E-state index contributed by atoms with van der Waals surface area (Å²) in [6.07, 6.45) is 3.70. The number of morpholine rings is 1. The Bertz CT molecular complexity index is 1600. The predicted octanol–water partition coefficient (Wildman–Crippen LogP) is 4.20. The standard InChI is InChI=1S/C29H33BrN4O5S/c1-4-31(5-2)28(35)19-32-18-20(23-16-21(30)7-9-26(23)32)15-25-24-17-22(8-10-27(24)34(6-3)29(25)36)40(37,38)33-11-13-39-14-12-33/h7-10,15-18H,4-6,11-14,19H2,1-3H3/b25-15-. The highest BCUT2D eigenvalue weighted by Crippen LogP contribution is 2.40. The van der Waals surface area contributed by atoms with Gasteiger partial charge in [0.2, 0.25) is 15.9 Å². The van der Waals surface area contributed by atoms with Gasteiger partial charge in [-0.1, -0.05) is 15.9 Å². The Hall–Kier alpha value is -2.99. The van der Waals surface area contributed by atoms with E-state index in [4.69, 9.17) is 4.74 Å². The molecule has 1 fully saturated rings. The molecule has 2 aliphatic rings. The minimum atomic E-state index is -3.74. The smallest absolute Gasteiger partial charge is 0.258 e. The third kappa shape index (κ3) is 5.11. The zero-order valence-electron chi connectivity index (χ0n) is 22.9. The van der Waals surface area contributed by atoms with Gasteiger partial charge in [0.25, 0.3) is 5.91 Å². The molecule has 0 N–H and O–H groups in total. The Morgan fingerprint density at radius 2 is 1.80 bits per heavy atom. The third-order valence-corrected chi connectivity index (χ3v) is 9.93. The molecule has 40 heavy (non-hydrogen) atoms. The number of benzene rings is 2. The molecule has 3 aromatic rings. The lowest BCUT2D eigenvalue weighted by atomic mass is 10.0. The van der Waals surface area contributed by atoms with Crippen molar-refractivity contribution in [3.8, 4) is 0 Å². The number of fused-ring (bicyclic) bond motifs is 2. The molecule has 0 bridgehead atoms. The van der Waals surface area contributed by atoms with E-state index >= 15 is 0 Å². The molecule has 0 saturated carbocycles. The van der Waals surface area contributed by atoms with Crippen molar-refractivity contribution in [2.45, 2.75) is 32.2 Å². The van der Waals surface area contributed by atoms with Crippen LogP contribution in [0.1, 0.15) is 31.9 Å². The molecule has 9 nitrogen and oxygen atoms in total. The Kier molecular flexibility index (Phi) is 8.19. The van der Waals surface area contributed by atoms with Crippen molar-refractivity contribution in [1.82, 2.24) is 13.8 Å². The maximum atomic E-state index is 13.6. The van der Waals surface area contributed by atoms with E-state index in [1.54, 1.807) is 28.0 Å². The highest BCUT2D eigenvalue weighted by Gasteiger charge is 2.34. The number of rotatable bonds is 8. The van der Waals surface area contributed by atoms with Gasteiger partial charge in [0.1, 0.15) is 6.54 Å². The maximum Gasteiger partial charge on any atom is 0.258 e. The number of amides is 2. The monoisotopic (exact) mass is 628 g/mol. The second kappa shape index (κ2) is 11.5. The van der Waals surface area contributed by atoms with Crippen LogP contribution in [0, 0.1) is 0 Å². The summed E-state index contributed by atoms with van der Waals surface area (Å²) in [6.45, 7) is 8.99. The van der Waals surface area contributed by atoms with Gasteiger partial charge in [0, 0.05) is 71.0 Å². The normalized spacial score (nSPS) is 17.1. The number of carbonyl (C=O) groups is 2. The summed E-state index contributed by atoms with van der Waals surface area (Å²) in [7, 11) is -3.74. The second-order valence-electron chi connectivity index (χ2n) is 9.74. The molecule has 2 amide bonds. The van der Waals surface area contributed by atoms with E-state index in [2.05, 4.69) is 15.9 Å². The number of sulfonamides is 1. The van der Waals surface area contributed by atoms with Gasteiger partial charge in [-0.05, 0) is 63.2 Å². The zero-order chi connectivity index (χ0) is 28.6. The molecule has 1 aromatic heterocycles. The molecule has 3 heterocycles. The van der Waals surface area contributed by atoms with Crippen LogP contribution in [0.15, 0.2) is 52.0 Å². The number of likely N-dealkylation sites (N-methyl/N-ethyl adjacent to an activating group) is 2. The fourth-order valence-electron chi connectivity index (χ4n) is 5.41. The largest absolute Gasteiger partial charge is 0.379 e. The number of halogens is 1. The van der Waals surface area contributed by atoms with Crippen molar-refractivity contribution in [2.24, 2.45) is 0 Å². The molecule has 5 rings (SSSR count). The minimum Gasteiger partial charge on any atom is -0.379 e. The first-order valence-electron chi connectivity index (χ1n) is 13.5. The van der Waals surface area contributed by atoms with Crippen molar-refractivity contribution >= 4 is 66.0 Å². The second-order valence-corrected chi connectivity index (χ2v) is 12.6. The van der Waals surface area contributed by atoms with Crippen molar-refractivity contribution in [2.75, 3.05) is 50.8 Å². The maximum absolute atomic E-state index is 13.6. The molecular formula is C29H33BrN4O5S. The van der Waals surface area contributed by atoms with E-state index in [0.29, 0.717) is 62.8 Å². The van der Waals surface area contributed by atoms with Crippen LogP contribution in [0.2, 0.25) is 0 Å². The zero-order valence-corrected chi connectivity index (χ0v) is 25.3. The molecule has 0 spiro atoms. The summed E-state index contributed by atoms with van der Waals surface area (Å²) in [5, 5.41) is 0.885. The van der Waals surface area contributed by atoms with Crippen molar-refractivity contribution in [1.29, 1.82) is 0 Å². The molecule has 212 valence electrons. The number of hydrogen-bond donors (Lipinski definition) is 0. The predicted molar refractivity (Wildman–Crippen MR) is 159 cm³/mol. The number of hydrogen-bond acceptors (Lipinski definition) is 5. The Morgan fingerprint density at radius 3 is 2.48 bits per heavy atom. The van der Waals surface area contributed by atoms with Crippen molar-refractivity contribution in [3.63, 3.8) is 0 Å². The summed E-state index contributed by atoms with van der Waals surface area (Å²) in [6, 6.07) is 10.7. The summed E-state index contributed by atoms with van der Waals surface area (Å²) in [5.41, 5.74) is 3.33. The fourth-order valence-corrected chi connectivity index (χ4v) is 7.20. The van der Waals surface area contributed by atoms with Crippen LogP contribution < -0.4 is 4.90 Å². The SMILES string of the molecule is CCN(CC)C(=O)Cn1cc(/C=C2\C(=O)N(CC)c3ccc(S(=O)(=O)N4CCOCC4)cc32)c2cc(Br)ccc21. The highest BCUT2D eigenvalue weighted by atomic mass is 79.9. The summed E-state index contributed by atoms with van der Waals surface area (Å²) >= 11 is 3.55. The van der Waals surface area contributed by atoms with Gasteiger partial charge in [-0.2, -0.15) is 4.31 Å². The van der Waals surface area contributed by atoms with Gasteiger partial charge in [-0.3, -0.25) is 9.59 Å². The van der Waals surface area contributed by atoms with Crippen LogP contribution in [-0.4, -0.2) is 79.9 Å². The number of nitrogens with zero attached hydrogens (tertiary/aromatic N) is 4.